The number of halogens is 1. The first-order valence-electron chi connectivity index (χ1n) is 8.71. The molecule has 0 unspecified atom stereocenters. The van der Waals surface area contributed by atoms with Gasteiger partial charge in [-0.1, -0.05) is 16.0 Å². The molecule has 2 aromatic rings. The third-order valence-corrected chi connectivity index (χ3v) is 7.63. The van der Waals surface area contributed by atoms with E-state index >= 15 is 0 Å². The molecule has 0 N–H and O–H groups in total. The van der Waals surface area contributed by atoms with Crippen molar-refractivity contribution in [3.63, 3.8) is 0 Å². The number of hydrogen-bond donors (Lipinski definition) is 0. The number of aromatic nitrogens is 2. The number of ether oxygens (including phenoxy) is 1. The monoisotopic (exact) mass is 443 g/mol. The minimum atomic E-state index is -3.05. The molecular weight excluding hydrogens is 422 g/mol. The van der Waals surface area contributed by atoms with Crippen LogP contribution in [0.5, 0.6) is 5.88 Å². The van der Waals surface area contributed by atoms with Crippen molar-refractivity contribution in [1.29, 1.82) is 0 Å². The average molecular weight is 444 g/mol. The first-order chi connectivity index (χ1) is 12.9. The van der Waals surface area contributed by atoms with Crippen LogP contribution in [-0.2, 0) is 21.2 Å². The van der Waals surface area contributed by atoms with Crippen LogP contribution >= 0.6 is 11.6 Å². The van der Waals surface area contributed by atoms with Crippen molar-refractivity contribution in [3.05, 3.63) is 29.2 Å². The third kappa shape index (κ3) is 4.76. The highest BCUT2D eigenvalue weighted by Gasteiger charge is 2.38. The van der Waals surface area contributed by atoms with Crippen LogP contribution in [0.1, 0.15) is 39.2 Å². The van der Waals surface area contributed by atoms with E-state index in [4.69, 9.17) is 16.3 Å². The minimum Gasteiger partial charge on any atom is -0.591 e. The van der Waals surface area contributed by atoms with E-state index in [-0.39, 0.29) is 11.4 Å². The van der Waals surface area contributed by atoms with E-state index in [0.717, 1.165) is 5.39 Å². The van der Waals surface area contributed by atoms with Crippen LogP contribution in [0.2, 0.25) is 5.15 Å². The molecule has 0 aromatic carbocycles. The first-order valence-corrected chi connectivity index (χ1v) is 12.1. The molecule has 10 heteroatoms. The van der Waals surface area contributed by atoms with E-state index in [2.05, 4.69) is 14.4 Å². The molecule has 0 bridgehead atoms. The summed E-state index contributed by atoms with van der Waals surface area (Å²) in [5, 5.41) is 1.29. The summed E-state index contributed by atoms with van der Waals surface area (Å²) in [6.07, 6.45) is 6.56. The van der Waals surface area contributed by atoms with Gasteiger partial charge >= 0.3 is 0 Å². The summed E-state index contributed by atoms with van der Waals surface area (Å²) in [4.78, 5) is 8.43. The van der Waals surface area contributed by atoms with E-state index in [1.54, 1.807) is 18.5 Å². The van der Waals surface area contributed by atoms with Crippen LogP contribution in [0.15, 0.2) is 22.9 Å². The lowest BCUT2D eigenvalue weighted by Crippen LogP contribution is -2.42. The molecule has 0 radical (unpaired) electrons. The highest BCUT2D eigenvalue weighted by atomic mass is 35.5. The standard InChI is InChI=1S/C18H22ClN3O4S2/c1-18(2,3)27(23)22-9-11-8-21-17(15-10-20-16(19)7-14(11)15)26-12-5-13(6-12)28(4,24)25/h7-10,12-13H,5-6H2,1-4H3/t12?,13?,27-/m0/s1. The Hall–Kier alpha value is -1.42. The summed E-state index contributed by atoms with van der Waals surface area (Å²) in [5.41, 5.74) is 0.645. The van der Waals surface area contributed by atoms with Crippen LogP contribution in [0.25, 0.3) is 10.8 Å². The minimum absolute atomic E-state index is 0.209. The summed E-state index contributed by atoms with van der Waals surface area (Å²) >= 11 is 4.65. The summed E-state index contributed by atoms with van der Waals surface area (Å²) < 4.78 is 44.9. The topological polar surface area (TPSA) is 105 Å². The highest BCUT2D eigenvalue weighted by Crippen LogP contribution is 2.33. The third-order valence-electron chi connectivity index (χ3n) is 4.48. The van der Waals surface area contributed by atoms with Gasteiger partial charge in [-0.3, -0.25) is 0 Å². The van der Waals surface area contributed by atoms with Gasteiger partial charge in [0.05, 0.1) is 16.9 Å². The van der Waals surface area contributed by atoms with Crippen molar-refractivity contribution in [2.24, 2.45) is 4.40 Å². The van der Waals surface area contributed by atoms with E-state index < -0.39 is 25.9 Å². The van der Waals surface area contributed by atoms with Crippen LogP contribution in [0, 0.1) is 0 Å². The van der Waals surface area contributed by atoms with Crippen LogP contribution in [0.3, 0.4) is 0 Å². The Morgan fingerprint density at radius 3 is 2.57 bits per heavy atom. The normalized spacial score (nSPS) is 21.6. The van der Waals surface area contributed by atoms with Crippen molar-refractivity contribution in [1.82, 2.24) is 9.97 Å². The molecule has 3 rings (SSSR count). The van der Waals surface area contributed by atoms with Crippen molar-refractivity contribution in [3.8, 4) is 5.88 Å². The molecule has 1 aliphatic carbocycles. The molecule has 152 valence electrons. The lowest BCUT2D eigenvalue weighted by molar-refractivity contribution is 0.119. The Balaban J connectivity index is 1.88. The van der Waals surface area contributed by atoms with E-state index in [0.29, 0.717) is 34.8 Å². The molecule has 1 aliphatic rings. The second-order valence-corrected chi connectivity index (χ2v) is 12.5. The van der Waals surface area contributed by atoms with Crippen LogP contribution in [-0.4, -0.2) is 51.5 Å². The van der Waals surface area contributed by atoms with Crippen LogP contribution in [0.4, 0.5) is 0 Å². The quantitative estimate of drug-likeness (QED) is 0.399. The van der Waals surface area contributed by atoms with Gasteiger partial charge in [0.15, 0.2) is 9.84 Å². The zero-order valence-electron chi connectivity index (χ0n) is 16.0. The molecule has 2 aromatic heterocycles. The predicted molar refractivity (Wildman–Crippen MR) is 112 cm³/mol. The number of fused-ring (bicyclic) bond motifs is 1. The fourth-order valence-electron chi connectivity index (χ4n) is 2.69. The average Bonchev–Trinajstić information content (AvgIpc) is 2.53. The molecule has 1 atom stereocenters. The fraction of sp³-hybridized carbons (Fsp3) is 0.500. The van der Waals surface area contributed by atoms with Crippen LogP contribution < -0.4 is 4.74 Å². The van der Waals surface area contributed by atoms with E-state index in [9.17, 15) is 13.0 Å². The maximum absolute atomic E-state index is 12.2. The van der Waals surface area contributed by atoms with Crippen molar-refractivity contribution in [2.45, 2.75) is 49.7 Å². The zero-order chi connectivity index (χ0) is 20.7. The predicted octanol–water partition coefficient (Wildman–Crippen LogP) is 3.12. The fourth-order valence-corrected chi connectivity index (χ4v) is 4.50. The Morgan fingerprint density at radius 2 is 1.96 bits per heavy atom. The van der Waals surface area contributed by atoms with Gasteiger partial charge in [-0.2, -0.15) is 0 Å². The van der Waals surface area contributed by atoms with Gasteiger partial charge in [-0.15, -0.1) is 0 Å². The Labute approximate surface area is 172 Å². The maximum Gasteiger partial charge on any atom is 0.223 e. The first kappa shape index (κ1) is 21.3. The van der Waals surface area contributed by atoms with Gasteiger partial charge in [-0.05, 0) is 26.8 Å². The number of sulfone groups is 1. The van der Waals surface area contributed by atoms with Crippen molar-refractivity contribution >= 4 is 49.8 Å². The second kappa shape index (κ2) is 7.78. The molecule has 7 nitrogen and oxygen atoms in total. The van der Waals surface area contributed by atoms with E-state index in [1.807, 2.05) is 20.8 Å². The molecule has 0 spiro atoms. The number of pyridine rings is 2. The number of rotatable bonds is 5. The smallest absolute Gasteiger partial charge is 0.223 e. The summed E-state index contributed by atoms with van der Waals surface area (Å²) in [7, 11) is -3.05. The van der Waals surface area contributed by atoms with Crippen molar-refractivity contribution in [2.75, 3.05) is 6.26 Å². The lowest BCUT2D eigenvalue weighted by atomic mass is 9.95. The molecule has 1 fully saturated rings. The Kier molecular flexibility index (Phi) is 5.91. The second-order valence-electron chi connectivity index (χ2n) is 7.83. The van der Waals surface area contributed by atoms with Gasteiger partial charge in [0.25, 0.3) is 0 Å². The number of nitrogens with zero attached hydrogens (tertiary/aromatic N) is 3. The molecule has 0 saturated heterocycles. The van der Waals surface area contributed by atoms with Gasteiger partial charge in [0.1, 0.15) is 27.4 Å². The molecule has 0 aliphatic heterocycles. The zero-order valence-corrected chi connectivity index (χ0v) is 18.4. The molecular formula is C18H22ClN3O4S2. The Bertz CT molecular complexity index is 1020. The molecule has 2 heterocycles. The summed E-state index contributed by atoms with van der Waals surface area (Å²) in [5.74, 6) is 0.366. The van der Waals surface area contributed by atoms with Crippen molar-refractivity contribution < 1.29 is 17.7 Å². The van der Waals surface area contributed by atoms with Gasteiger partial charge < -0.3 is 9.29 Å². The Morgan fingerprint density at radius 1 is 1.29 bits per heavy atom. The molecule has 1 saturated carbocycles. The molecule has 28 heavy (non-hydrogen) atoms. The summed E-state index contributed by atoms with van der Waals surface area (Å²) in [6, 6.07) is 1.67. The van der Waals surface area contributed by atoms with Gasteiger partial charge in [0, 0.05) is 42.4 Å². The maximum atomic E-state index is 12.2. The lowest BCUT2D eigenvalue weighted by Gasteiger charge is -2.33. The highest BCUT2D eigenvalue weighted by molar-refractivity contribution is 7.91. The number of hydrogen-bond acceptors (Lipinski definition) is 7. The summed E-state index contributed by atoms with van der Waals surface area (Å²) in [6.45, 7) is 5.53. The van der Waals surface area contributed by atoms with Gasteiger partial charge in [0.2, 0.25) is 5.88 Å². The SMILES string of the molecule is CC(C)(C)[S@+]([O-])N=Cc1cnc(OC2CC(S(C)(=O)=O)C2)c2cnc(Cl)cc12. The van der Waals surface area contributed by atoms with Gasteiger partial charge in [-0.25, -0.2) is 18.4 Å². The van der Waals surface area contributed by atoms with E-state index in [1.165, 1.54) is 12.5 Å². The largest absolute Gasteiger partial charge is 0.591 e. The molecule has 0 amide bonds.